The topological polar surface area (TPSA) is 105 Å². The van der Waals surface area contributed by atoms with Crippen LogP contribution in [0.4, 0.5) is 5.95 Å². The zero-order chi connectivity index (χ0) is 22.8. The number of aryl methyl sites for hydroxylation is 2. The van der Waals surface area contributed by atoms with E-state index in [2.05, 4.69) is 28.7 Å². The van der Waals surface area contributed by atoms with E-state index in [0.717, 1.165) is 37.9 Å². The fourth-order valence-electron chi connectivity index (χ4n) is 4.32. The molecule has 172 valence electrons. The smallest absolute Gasteiger partial charge is 0.329 e. The Labute approximate surface area is 186 Å². The average molecular weight is 442 g/mol. The van der Waals surface area contributed by atoms with Crippen LogP contribution in [-0.2, 0) is 20.0 Å². The molecule has 4 rings (SSSR count). The first kappa shape index (κ1) is 22.1. The molecular formula is C23H31N5O4. The Balaban J connectivity index is 1.65. The molecule has 0 saturated carbocycles. The van der Waals surface area contributed by atoms with Crippen molar-refractivity contribution in [3.05, 3.63) is 50.7 Å². The molecule has 0 amide bonds. The van der Waals surface area contributed by atoms with Gasteiger partial charge < -0.3 is 19.3 Å². The molecule has 2 atom stereocenters. The maximum absolute atomic E-state index is 12.7. The van der Waals surface area contributed by atoms with Gasteiger partial charge in [-0.15, -0.1) is 0 Å². The van der Waals surface area contributed by atoms with Crippen LogP contribution in [0.1, 0.15) is 32.3 Å². The van der Waals surface area contributed by atoms with E-state index in [1.807, 2.05) is 24.3 Å². The lowest BCUT2D eigenvalue weighted by Crippen LogP contribution is -2.37. The highest BCUT2D eigenvalue weighted by atomic mass is 16.5. The van der Waals surface area contributed by atoms with E-state index in [1.54, 1.807) is 11.6 Å². The molecule has 1 saturated heterocycles. The quantitative estimate of drug-likeness (QED) is 0.578. The van der Waals surface area contributed by atoms with E-state index in [-0.39, 0.29) is 18.7 Å². The monoisotopic (exact) mass is 441 g/mol. The molecule has 2 aromatic heterocycles. The molecule has 1 fully saturated rings. The van der Waals surface area contributed by atoms with Crippen LogP contribution in [-0.4, -0.2) is 50.0 Å². The Morgan fingerprint density at radius 3 is 2.91 bits per heavy atom. The Bertz CT molecular complexity index is 1210. The molecule has 1 aliphatic rings. The molecule has 3 aromatic rings. The summed E-state index contributed by atoms with van der Waals surface area (Å²) in [7, 11) is 1.58. The summed E-state index contributed by atoms with van der Waals surface area (Å²) in [5, 5.41) is 10.8. The number of imidazole rings is 1. The first-order valence-electron chi connectivity index (χ1n) is 11.2. The largest absolute Gasteiger partial charge is 0.491 e. The van der Waals surface area contributed by atoms with Crippen molar-refractivity contribution in [2.45, 2.75) is 45.8 Å². The highest BCUT2D eigenvalue weighted by Gasteiger charge is 2.26. The van der Waals surface area contributed by atoms with E-state index in [0.29, 0.717) is 23.3 Å². The number of aromatic nitrogens is 4. The first-order valence-corrected chi connectivity index (χ1v) is 11.2. The summed E-state index contributed by atoms with van der Waals surface area (Å²) in [6.07, 6.45) is 2.21. The Kier molecular flexibility index (Phi) is 6.36. The molecule has 32 heavy (non-hydrogen) atoms. The third kappa shape index (κ3) is 4.43. The van der Waals surface area contributed by atoms with Crippen LogP contribution >= 0.6 is 0 Å². The maximum Gasteiger partial charge on any atom is 0.329 e. The summed E-state index contributed by atoms with van der Waals surface area (Å²) < 4.78 is 8.87. The van der Waals surface area contributed by atoms with Gasteiger partial charge in [0.05, 0.1) is 6.54 Å². The zero-order valence-corrected chi connectivity index (χ0v) is 18.9. The van der Waals surface area contributed by atoms with Crippen LogP contribution in [0.25, 0.3) is 11.2 Å². The van der Waals surface area contributed by atoms with Crippen molar-refractivity contribution < 1.29 is 9.84 Å². The molecule has 1 aliphatic heterocycles. The highest BCUT2D eigenvalue weighted by molar-refractivity contribution is 5.74. The fraction of sp³-hybridized carbons (Fsp3) is 0.522. The number of fused-ring (bicyclic) bond motifs is 1. The summed E-state index contributed by atoms with van der Waals surface area (Å²) in [6.45, 7) is 6.10. The standard InChI is InChI=1S/C23H31N5O4/c1-4-16-8-5-9-18(11-16)32-14-17(29)13-28-19-20(26(3)23(31)25-21(19)30)24-22(28)27-10-6-7-15(2)12-27/h5,8-9,11,15,17,29H,4,6-7,10,12-14H2,1-3H3,(H,25,30,31)/t15-,17+/m1/s1. The number of benzene rings is 1. The van der Waals surface area contributed by atoms with Crippen LogP contribution in [0.15, 0.2) is 33.9 Å². The van der Waals surface area contributed by atoms with Crippen LogP contribution in [0.2, 0.25) is 0 Å². The summed E-state index contributed by atoms with van der Waals surface area (Å²) >= 11 is 0. The lowest BCUT2D eigenvalue weighted by atomic mass is 10.0. The number of hydrogen-bond acceptors (Lipinski definition) is 6. The molecule has 9 nitrogen and oxygen atoms in total. The highest BCUT2D eigenvalue weighted by Crippen LogP contribution is 2.25. The fourth-order valence-corrected chi connectivity index (χ4v) is 4.32. The molecule has 0 bridgehead atoms. The Hall–Kier alpha value is -3.07. The van der Waals surface area contributed by atoms with Gasteiger partial charge in [-0.25, -0.2) is 4.79 Å². The molecule has 3 heterocycles. The van der Waals surface area contributed by atoms with Crippen LogP contribution in [0, 0.1) is 5.92 Å². The summed E-state index contributed by atoms with van der Waals surface area (Å²) in [5.41, 5.74) is 0.746. The van der Waals surface area contributed by atoms with Gasteiger partial charge in [0.15, 0.2) is 11.2 Å². The predicted molar refractivity (Wildman–Crippen MR) is 124 cm³/mol. The van der Waals surface area contributed by atoms with Crippen molar-refractivity contribution in [2.75, 3.05) is 24.6 Å². The third-order valence-electron chi connectivity index (χ3n) is 6.07. The van der Waals surface area contributed by atoms with Gasteiger partial charge in [-0.2, -0.15) is 4.98 Å². The van der Waals surface area contributed by atoms with Crippen molar-refractivity contribution in [3.8, 4) is 5.75 Å². The number of H-pyrrole nitrogens is 1. The van der Waals surface area contributed by atoms with E-state index in [4.69, 9.17) is 4.74 Å². The second kappa shape index (κ2) is 9.20. The van der Waals surface area contributed by atoms with Crippen molar-refractivity contribution >= 4 is 17.1 Å². The van der Waals surface area contributed by atoms with Gasteiger partial charge >= 0.3 is 5.69 Å². The van der Waals surface area contributed by atoms with Gasteiger partial charge in [-0.05, 0) is 42.9 Å². The van der Waals surface area contributed by atoms with Gasteiger partial charge in [-0.3, -0.25) is 14.3 Å². The molecular weight excluding hydrogens is 410 g/mol. The molecule has 0 spiro atoms. The van der Waals surface area contributed by atoms with Crippen LogP contribution < -0.4 is 20.9 Å². The first-order chi connectivity index (χ1) is 15.4. The van der Waals surface area contributed by atoms with Crippen molar-refractivity contribution in [1.29, 1.82) is 0 Å². The van der Waals surface area contributed by atoms with E-state index in [1.165, 1.54) is 4.57 Å². The number of nitrogens with one attached hydrogen (secondary N) is 1. The van der Waals surface area contributed by atoms with Gasteiger partial charge in [0.1, 0.15) is 18.5 Å². The number of rotatable bonds is 7. The lowest BCUT2D eigenvalue weighted by Gasteiger charge is -2.32. The summed E-state index contributed by atoms with van der Waals surface area (Å²) in [6, 6.07) is 7.78. The van der Waals surface area contributed by atoms with Gasteiger partial charge in [-0.1, -0.05) is 26.0 Å². The van der Waals surface area contributed by atoms with Crippen LogP contribution in [0.5, 0.6) is 5.75 Å². The van der Waals surface area contributed by atoms with Gasteiger partial charge in [0, 0.05) is 20.1 Å². The average Bonchev–Trinajstić information content (AvgIpc) is 3.16. The zero-order valence-electron chi connectivity index (χ0n) is 18.9. The van der Waals surface area contributed by atoms with E-state index >= 15 is 0 Å². The molecule has 0 aliphatic carbocycles. The number of piperidine rings is 1. The minimum atomic E-state index is -0.865. The number of aliphatic hydroxyl groups is 1. The second-order valence-electron chi connectivity index (χ2n) is 8.67. The van der Waals surface area contributed by atoms with Crippen molar-refractivity contribution in [3.63, 3.8) is 0 Å². The molecule has 2 N–H and O–H groups in total. The number of aromatic amines is 1. The normalized spacial score (nSPS) is 17.6. The number of ether oxygens (including phenoxy) is 1. The summed E-state index contributed by atoms with van der Waals surface area (Å²) in [4.78, 5) is 34.0. The summed E-state index contributed by atoms with van der Waals surface area (Å²) in [5.74, 6) is 1.80. The van der Waals surface area contributed by atoms with Crippen molar-refractivity contribution in [1.82, 2.24) is 19.1 Å². The van der Waals surface area contributed by atoms with E-state index < -0.39 is 17.4 Å². The molecule has 0 radical (unpaired) electrons. The molecule has 0 unspecified atom stereocenters. The number of aliphatic hydroxyl groups excluding tert-OH is 1. The second-order valence-corrected chi connectivity index (χ2v) is 8.67. The van der Waals surface area contributed by atoms with Gasteiger partial charge in [0.25, 0.3) is 5.56 Å². The molecule has 9 heteroatoms. The maximum atomic E-state index is 12.7. The Morgan fingerprint density at radius 2 is 2.16 bits per heavy atom. The lowest BCUT2D eigenvalue weighted by molar-refractivity contribution is 0.0935. The van der Waals surface area contributed by atoms with E-state index in [9.17, 15) is 14.7 Å². The predicted octanol–water partition coefficient (Wildman–Crippen LogP) is 1.66. The van der Waals surface area contributed by atoms with Crippen LogP contribution in [0.3, 0.4) is 0 Å². The minimum Gasteiger partial charge on any atom is -0.491 e. The number of hydrogen-bond donors (Lipinski definition) is 2. The third-order valence-corrected chi connectivity index (χ3v) is 6.07. The number of anilines is 1. The SMILES string of the molecule is CCc1cccc(OC[C@@H](O)Cn2c(N3CCC[C@@H](C)C3)nc3c2c(=O)[nH]c(=O)n3C)c1. The Morgan fingerprint density at radius 1 is 1.34 bits per heavy atom. The van der Waals surface area contributed by atoms with Crippen molar-refractivity contribution in [2.24, 2.45) is 13.0 Å². The van der Waals surface area contributed by atoms with Gasteiger partial charge in [0.2, 0.25) is 5.95 Å². The number of nitrogens with zero attached hydrogens (tertiary/aromatic N) is 4. The molecule has 1 aromatic carbocycles. The minimum absolute atomic E-state index is 0.0757.